The lowest BCUT2D eigenvalue weighted by atomic mass is 9.90. The molecule has 0 radical (unpaired) electrons. The van der Waals surface area contributed by atoms with Crippen LogP contribution in [-0.2, 0) is 0 Å². The van der Waals surface area contributed by atoms with Crippen molar-refractivity contribution in [3.8, 4) is 0 Å². The second kappa shape index (κ2) is 5.16. The fourth-order valence-corrected chi connectivity index (χ4v) is 2.19. The molecule has 1 aromatic rings. The number of aromatic nitrogens is 2. The Morgan fingerprint density at radius 1 is 1.41 bits per heavy atom. The first-order valence-electron chi connectivity index (χ1n) is 5.69. The van der Waals surface area contributed by atoms with Crippen LogP contribution in [0.5, 0.6) is 0 Å². The van der Waals surface area contributed by atoms with E-state index in [0.717, 1.165) is 18.4 Å². The predicted molar refractivity (Wildman–Crippen MR) is 65.1 cm³/mol. The summed E-state index contributed by atoms with van der Waals surface area (Å²) >= 11 is 5.73. The van der Waals surface area contributed by atoms with E-state index in [9.17, 15) is 10.2 Å². The smallest absolute Gasteiger partial charge is 0.224 e. The zero-order valence-electron chi connectivity index (χ0n) is 9.60. The summed E-state index contributed by atoms with van der Waals surface area (Å²) in [4.78, 5) is 7.95. The standard InChI is InChI=1S/C11H16ClN3O2/c1-6-5-13-11(12)15-10(6)14-7-3-2-4-8(16)9(7)17/h5,7-9,16-17H,2-4H2,1H3,(H,13,14,15)/t7-,8+,9+/m0/s1. The fraction of sp³-hybridized carbons (Fsp3) is 0.636. The molecule has 1 aliphatic carbocycles. The Morgan fingerprint density at radius 3 is 2.94 bits per heavy atom. The molecule has 0 spiro atoms. The van der Waals surface area contributed by atoms with Gasteiger partial charge in [-0.05, 0) is 37.8 Å². The van der Waals surface area contributed by atoms with Crippen LogP contribution in [0.4, 0.5) is 5.82 Å². The summed E-state index contributed by atoms with van der Waals surface area (Å²) in [5.41, 5.74) is 0.863. The second-order valence-electron chi connectivity index (χ2n) is 4.41. The van der Waals surface area contributed by atoms with Crippen molar-refractivity contribution < 1.29 is 10.2 Å². The van der Waals surface area contributed by atoms with Crippen LogP contribution in [0.25, 0.3) is 0 Å². The molecular weight excluding hydrogens is 242 g/mol. The third kappa shape index (κ3) is 2.86. The number of aliphatic hydroxyl groups is 2. The number of aryl methyl sites for hydroxylation is 1. The van der Waals surface area contributed by atoms with Gasteiger partial charge < -0.3 is 15.5 Å². The summed E-state index contributed by atoms with van der Waals surface area (Å²) in [6.45, 7) is 1.87. The van der Waals surface area contributed by atoms with Gasteiger partial charge in [-0.25, -0.2) is 9.97 Å². The molecule has 17 heavy (non-hydrogen) atoms. The molecule has 1 heterocycles. The third-order valence-electron chi connectivity index (χ3n) is 3.09. The lowest BCUT2D eigenvalue weighted by Crippen LogP contribution is -2.45. The highest BCUT2D eigenvalue weighted by Gasteiger charge is 2.30. The SMILES string of the molecule is Cc1cnc(Cl)nc1N[C@H]1CCC[C@@H](O)[C@@H]1O. The predicted octanol–water partition coefficient (Wildman–Crippen LogP) is 1.12. The first-order valence-corrected chi connectivity index (χ1v) is 6.07. The molecule has 2 rings (SSSR count). The van der Waals surface area contributed by atoms with Crippen molar-refractivity contribution in [3.63, 3.8) is 0 Å². The van der Waals surface area contributed by atoms with Crippen LogP contribution >= 0.6 is 11.6 Å². The van der Waals surface area contributed by atoms with Crippen LogP contribution in [0.3, 0.4) is 0 Å². The van der Waals surface area contributed by atoms with E-state index in [-0.39, 0.29) is 11.3 Å². The number of hydrogen-bond acceptors (Lipinski definition) is 5. The van der Waals surface area contributed by atoms with E-state index in [1.807, 2.05) is 6.92 Å². The number of nitrogens with one attached hydrogen (secondary N) is 1. The molecule has 1 aliphatic rings. The normalized spacial score (nSPS) is 29.1. The highest BCUT2D eigenvalue weighted by Crippen LogP contribution is 2.23. The monoisotopic (exact) mass is 257 g/mol. The van der Waals surface area contributed by atoms with Crippen LogP contribution in [-0.4, -0.2) is 38.4 Å². The second-order valence-corrected chi connectivity index (χ2v) is 4.75. The van der Waals surface area contributed by atoms with Gasteiger partial charge >= 0.3 is 0 Å². The molecular formula is C11H16ClN3O2. The average Bonchev–Trinajstić information content (AvgIpc) is 2.30. The molecule has 0 saturated heterocycles. The molecule has 3 atom stereocenters. The van der Waals surface area contributed by atoms with Gasteiger partial charge in [0, 0.05) is 11.8 Å². The van der Waals surface area contributed by atoms with Gasteiger partial charge in [-0.3, -0.25) is 0 Å². The van der Waals surface area contributed by atoms with Crippen LogP contribution < -0.4 is 5.32 Å². The molecule has 0 aromatic carbocycles. The van der Waals surface area contributed by atoms with Gasteiger partial charge in [-0.15, -0.1) is 0 Å². The van der Waals surface area contributed by atoms with E-state index in [2.05, 4.69) is 15.3 Å². The van der Waals surface area contributed by atoms with Crippen molar-refractivity contribution >= 4 is 17.4 Å². The Morgan fingerprint density at radius 2 is 2.18 bits per heavy atom. The van der Waals surface area contributed by atoms with Crippen LogP contribution in [0, 0.1) is 6.92 Å². The Balaban J connectivity index is 2.11. The van der Waals surface area contributed by atoms with E-state index in [0.29, 0.717) is 12.2 Å². The van der Waals surface area contributed by atoms with Gasteiger partial charge in [-0.1, -0.05) is 0 Å². The Bertz CT molecular complexity index is 402. The first-order chi connectivity index (χ1) is 8.08. The maximum Gasteiger partial charge on any atom is 0.224 e. The minimum absolute atomic E-state index is 0.170. The van der Waals surface area contributed by atoms with Crippen LogP contribution in [0.1, 0.15) is 24.8 Å². The molecule has 5 nitrogen and oxygen atoms in total. The molecule has 0 aliphatic heterocycles. The summed E-state index contributed by atoms with van der Waals surface area (Å²) in [6.07, 6.45) is 2.52. The van der Waals surface area contributed by atoms with Gasteiger partial charge in [0.2, 0.25) is 5.28 Å². The van der Waals surface area contributed by atoms with E-state index in [4.69, 9.17) is 11.6 Å². The van der Waals surface area contributed by atoms with Gasteiger partial charge in [-0.2, -0.15) is 0 Å². The van der Waals surface area contributed by atoms with Crippen molar-refractivity contribution in [1.82, 2.24) is 9.97 Å². The van der Waals surface area contributed by atoms with Crippen molar-refractivity contribution in [2.24, 2.45) is 0 Å². The highest BCUT2D eigenvalue weighted by molar-refractivity contribution is 6.28. The van der Waals surface area contributed by atoms with E-state index < -0.39 is 12.2 Å². The maximum absolute atomic E-state index is 9.87. The van der Waals surface area contributed by atoms with Gasteiger partial charge in [0.15, 0.2) is 0 Å². The molecule has 1 saturated carbocycles. The first kappa shape index (κ1) is 12.5. The molecule has 1 aromatic heterocycles. The van der Waals surface area contributed by atoms with E-state index >= 15 is 0 Å². The number of nitrogens with zero attached hydrogens (tertiary/aromatic N) is 2. The molecule has 3 N–H and O–H groups in total. The Hall–Kier alpha value is -0.910. The topological polar surface area (TPSA) is 78.3 Å². The minimum Gasteiger partial charge on any atom is -0.390 e. The number of rotatable bonds is 2. The molecule has 6 heteroatoms. The highest BCUT2D eigenvalue weighted by atomic mass is 35.5. The largest absolute Gasteiger partial charge is 0.390 e. The number of hydrogen-bond donors (Lipinski definition) is 3. The molecule has 0 amide bonds. The summed E-state index contributed by atoms with van der Waals surface area (Å²) < 4.78 is 0. The molecule has 94 valence electrons. The third-order valence-corrected chi connectivity index (χ3v) is 3.27. The van der Waals surface area contributed by atoms with Crippen molar-refractivity contribution in [1.29, 1.82) is 0 Å². The zero-order chi connectivity index (χ0) is 12.4. The number of aliphatic hydroxyl groups excluding tert-OH is 2. The summed E-state index contributed by atoms with van der Waals surface area (Å²) in [5.74, 6) is 0.614. The van der Waals surface area contributed by atoms with Crippen molar-refractivity contribution in [2.75, 3.05) is 5.32 Å². The van der Waals surface area contributed by atoms with Crippen molar-refractivity contribution in [3.05, 3.63) is 17.0 Å². The summed E-state index contributed by atoms with van der Waals surface area (Å²) in [7, 11) is 0. The lowest BCUT2D eigenvalue weighted by molar-refractivity contribution is -0.0162. The molecule has 0 unspecified atom stereocenters. The van der Waals surface area contributed by atoms with Crippen LogP contribution in [0.2, 0.25) is 5.28 Å². The Kier molecular flexibility index (Phi) is 3.81. The number of anilines is 1. The van der Waals surface area contributed by atoms with Gasteiger partial charge in [0.05, 0.1) is 18.2 Å². The van der Waals surface area contributed by atoms with Gasteiger partial charge in [0.25, 0.3) is 0 Å². The molecule has 0 bridgehead atoms. The zero-order valence-corrected chi connectivity index (χ0v) is 10.4. The van der Waals surface area contributed by atoms with E-state index in [1.54, 1.807) is 6.20 Å². The van der Waals surface area contributed by atoms with Crippen LogP contribution in [0.15, 0.2) is 6.20 Å². The van der Waals surface area contributed by atoms with Gasteiger partial charge in [0.1, 0.15) is 5.82 Å². The number of halogens is 1. The fourth-order valence-electron chi connectivity index (χ4n) is 2.06. The summed E-state index contributed by atoms with van der Waals surface area (Å²) in [5, 5.41) is 22.8. The quantitative estimate of drug-likeness (QED) is 0.692. The maximum atomic E-state index is 9.87. The van der Waals surface area contributed by atoms with E-state index in [1.165, 1.54) is 0 Å². The summed E-state index contributed by atoms with van der Waals surface area (Å²) in [6, 6.07) is -0.191. The Labute approximate surface area is 105 Å². The lowest BCUT2D eigenvalue weighted by Gasteiger charge is -2.32. The minimum atomic E-state index is -0.767. The average molecular weight is 258 g/mol. The van der Waals surface area contributed by atoms with Crippen molar-refractivity contribution in [2.45, 2.75) is 44.4 Å². The molecule has 1 fully saturated rings.